The van der Waals surface area contributed by atoms with Gasteiger partial charge in [-0.05, 0) is 17.7 Å². The molecule has 1 unspecified atom stereocenters. The van der Waals surface area contributed by atoms with Crippen molar-refractivity contribution in [1.29, 1.82) is 0 Å². The van der Waals surface area contributed by atoms with E-state index in [1.54, 1.807) is 25.5 Å². The van der Waals surface area contributed by atoms with Gasteiger partial charge in [0.05, 0.1) is 6.54 Å². The van der Waals surface area contributed by atoms with E-state index in [1.807, 2.05) is 36.4 Å². The van der Waals surface area contributed by atoms with E-state index in [9.17, 15) is 4.79 Å². The number of nitrogens with zero attached hydrogens (tertiary/aromatic N) is 4. The van der Waals surface area contributed by atoms with Gasteiger partial charge in [0.2, 0.25) is 17.6 Å². The second-order valence-corrected chi connectivity index (χ2v) is 5.34. The van der Waals surface area contributed by atoms with Crippen LogP contribution in [0.15, 0.2) is 59.4 Å². The highest BCUT2D eigenvalue weighted by Gasteiger charge is 2.21. The van der Waals surface area contributed by atoms with Crippen molar-refractivity contribution in [3.63, 3.8) is 0 Å². The number of carbonyl (C=O) groups is 1. The van der Waals surface area contributed by atoms with Crippen LogP contribution < -0.4 is 5.73 Å². The van der Waals surface area contributed by atoms with Crippen LogP contribution in [0.25, 0.3) is 11.4 Å². The number of carbonyl (C=O) groups excluding carboxylic acids is 1. The normalized spacial score (nSPS) is 11.9. The number of hydrogen-bond donors (Lipinski definition) is 1. The zero-order valence-electron chi connectivity index (χ0n) is 13.2. The predicted molar refractivity (Wildman–Crippen MR) is 87.4 cm³/mol. The zero-order valence-corrected chi connectivity index (χ0v) is 13.2. The fraction of sp³-hybridized carbons (Fsp3) is 0.176. The smallest absolute Gasteiger partial charge is 0.246 e. The molecule has 122 valence electrons. The van der Waals surface area contributed by atoms with Crippen molar-refractivity contribution in [2.75, 3.05) is 7.05 Å². The summed E-state index contributed by atoms with van der Waals surface area (Å²) in [5.41, 5.74) is 7.54. The largest absolute Gasteiger partial charge is 0.337 e. The summed E-state index contributed by atoms with van der Waals surface area (Å²) in [6.07, 6.45) is 3.32. The van der Waals surface area contributed by atoms with Gasteiger partial charge in [0.1, 0.15) is 6.04 Å². The van der Waals surface area contributed by atoms with E-state index in [1.165, 1.54) is 4.90 Å². The molecule has 3 aromatic rings. The third kappa shape index (κ3) is 3.47. The van der Waals surface area contributed by atoms with Crippen molar-refractivity contribution in [1.82, 2.24) is 20.0 Å². The fourth-order valence-corrected chi connectivity index (χ4v) is 2.25. The Morgan fingerprint density at radius 1 is 1.25 bits per heavy atom. The summed E-state index contributed by atoms with van der Waals surface area (Å²) in [5.74, 6) is 0.554. The predicted octanol–water partition coefficient (Wildman–Crippen LogP) is 1.79. The molecule has 24 heavy (non-hydrogen) atoms. The van der Waals surface area contributed by atoms with Gasteiger partial charge in [-0.1, -0.05) is 35.5 Å². The van der Waals surface area contributed by atoms with E-state index in [2.05, 4.69) is 15.1 Å². The number of pyridine rings is 1. The quantitative estimate of drug-likeness (QED) is 0.768. The lowest BCUT2D eigenvalue weighted by Crippen LogP contribution is -2.35. The van der Waals surface area contributed by atoms with Crippen LogP contribution in [0.3, 0.4) is 0 Å². The van der Waals surface area contributed by atoms with E-state index in [0.717, 1.165) is 11.1 Å². The first-order valence-corrected chi connectivity index (χ1v) is 7.43. The Morgan fingerprint density at radius 3 is 2.75 bits per heavy atom. The lowest BCUT2D eigenvalue weighted by molar-refractivity contribution is -0.132. The van der Waals surface area contributed by atoms with E-state index >= 15 is 0 Å². The van der Waals surface area contributed by atoms with Crippen LogP contribution in [-0.4, -0.2) is 33.0 Å². The molecular formula is C17H17N5O2. The fourth-order valence-electron chi connectivity index (χ4n) is 2.25. The molecule has 7 nitrogen and oxygen atoms in total. The number of nitrogens with two attached hydrogens (primary N) is 1. The molecule has 0 aliphatic carbocycles. The van der Waals surface area contributed by atoms with Gasteiger partial charge in [0.15, 0.2) is 0 Å². The number of rotatable bonds is 5. The third-order valence-corrected chi connectivity index (χ3v) is 3.56. The van der Waals surface area contributed by atoms with Gasteiger partial charge in [-0.2, -0.15) is 4.98 Å². The average Bonchev–Trinajstić information content (AvgIpc) is 3.10. The second-order valence-electron chi connectivity index (χ2n) is 5.34. The van der Waals surface area contributed by atoms with Gasteiger partial charge in [-0.15, -0.1) is 0 Å². The summed E-state index contributed by atoms with van der Waals surface area (Å²) < 4.78 is 5.20. The topological polar surface area (TPSA) is 98.1 Å². The molecule has 1 aromatic carbocycles. The highest BCUT2D eigenvalue weighted by atomic mass is 16.5. The summed E-state index contributed by atoms with van der Waals surface area (Å²) in [4.78, 5) is 22.2. The number of hydrogen-bond acceptors (Lipinski definition) is 6. The summed E-state index contributed by atoms with van der Waals surface area (Å²) in [6, 6.07) is 12.1. The molecule has 2 heterocycles. The maximum Gasteiger partial charge on any atom is 0.246 e. The molecule has 2 N–H and O–H groups in total. The van der Waals surface area contributed by atoms with Crippen LogP contribution in [0.5, 0.6) is 0 Å². The Morgan fingerprint density at radius 2 is 2.04 bits per heavy atom. The molecule has 0 aliphatic heterocycles. The highest BCUT2D eigenvalue weighted by Crippen LogP contribution is 2.16. The monoisotopic (exact) mass is 323 g/mol. The first kappa shape index (κ1) is 15.8. The Kier molecular flexibility index (Phi) is 4.62. The maximum atomic E-state index is 12.4. The molecule has 2 aromatic heterocycles. The Balaban J connectivity index is 1.68. The van der Waals surface area contributed by atoms with Crippen LogP contribution in [0, 0.1) is 0 Å². The van der Waals surface area contributed by atoms with Crippen LogP contribution in [0.1, 0.15) is 17.5 Å². The Labute approximate surface area is 139 Å². The summed E-state index contributed by atoms with van der Waals surface area (Å²) >= 11 is 0. The maximum absolute atomic E-state index is 12.4. The molecule has 1 atom stereocenters. The molecule has 0 bridgehead atoms. The summed E-state index contributed by atoms with van der Waals surface area (Å²) in [7, 11) is 1.65. The van der Waals surface area contributed by atoms with Gasteiger partial charge in [-0.3, -0.25) is 9.78 Å². The number of likely N-dealkylation sites (N-methyl/N-ethyl adjacent to an activating group) is 1. The summed E-state index contributed by atoms with van der Waals surface area (Å²) in [5, 5.41) is 3.91. The van der Waals surface area contributed by atoms with Crippen molar-refractivity contribution >= 4 is 5.91 Å². The molecule has 7 heteroatoms. The van der Waals surface area contributed by atoms with E-state index in [4.69, 9.17) is 10.3 Å². The van der Waals surface area contributed by atoms with Gasteiger partial charge < -0.3 is 15.2 Å². The van der Waals surface area contributed by atoms with E-state index < -0.39 is 6.04 Å². The van der Waals surface area contributed by atoms with Crippen molar-refractivity contribution in [3.05, 3.63) is 66.3 Å². The Hall–Kier alpha value is -3.06. The Bertz CT molecular complexity index is 804. The van der Waals surface area contributed by atoms with Crippen molar-refractivity contribution < 1.29 is 9.32 Å². The number of amides is 1. The van der Waals surface area contributed by atoms with Gasteiger partial charge in [0, 0.05) is 25.0 Å². The van der Waals surface area contributed by atoms with E-state index in [-0.39, 0.29) is 12.5 Å². The minimum absolute atomic E-state index is 0.187. The molecule has 0 saturated carbocycles. The molecule has 1 amide bonds. The molecular weight excluding hydrogens is 306 g/mol. The SMILES string of the molecule is CN(Cc1nc(-c2cccnc2)no1)C(=O)C(N)c1ccccc1. The molecule has 0 spiro atoms. The van der Waals surface area contributed by atoms with Crippen LogP contribution in [-0.2, 0) is 11.3 Å². The van der Waals surface area contributed by atoms with Gasteiger partial charge in [-0.25, -0.2) is 0 Å². The summed E-state index contributed by atoms with van der Waals surface area (Å²) in [6.45, 7) is 0.187. The van der Waals surface area contributed by atoms with Crippen LogP contribution in [0.4, 0.5) is 0 Å². The van der Waals surface area contributed by atoms with Gasteiger partial charge in [0.25, 0.3) is 0 Å². The highest BCUT2D eigenvalue weighted by molar-refractivity contribution is 5.82. The first-order chi connectivity index (χ1) is 11.6. The molecule has 0 radical (unpaired) electrons. The van der Waals surface area contributed by atoms with Crippen LogP contribution in [0.2, 0.25) is 0 Å². The minimum atomic E-state index is -0.725. The molecule has 3 rings (SSSR count). The molecule has 0 aliphatic rings. The number of benzene rings is 1. The second kappa shape index (κ2) is 7.01. The molecule has 0 saturated heterocycles. The lowest BCUT2D eigenvalue weighted by atomic mass is 10.1. The average molecular weight is 323 g/mol. The third-order valence-electron chi connectivity index (χ3n) is 3.56. The van der Waals surface area contributed by atoms with E-state index in [0.29, 0.717) is 11.7 Å². The van der Waals surface area contributed by atoms with Crippen LogP contribution >= 0.6 is 0 Å². The first-order valence-electron chi connectivity index (χ1n) is 7.43. The van der Waals surface area contributed by atoms with Gasteiger partial charge >= 0.3 is 0 Å². The standard InChI is InChI=1S/C17H17N5O2/c1-22(17(23)15(18)12-6-3-2-4-7-12)11-14-20-16(21-24-14)13-8-5-9-19-10-13/h2-10,15H,11,18H2,1H3. The molecule has 0 fully saturated rings. The van der Waals surface area contributed by atoms with Crippen molar-refractivity contribution in [3.8, 4) is 11.4 Å². The lowest BCUT2D eigenvalue weighted by Gasteiger charge is -2.19. The van der Waals surface area contributed by atoms with Crippen molar-refractivity contribution in [2.45, 2.75) is 12.6 Å². The zero-order chi connectivity index (χ0) is 16.9. The minimum Gasteiger partial charge on any atom is -0.337 e. The number of aromatic nitrogens is 3. The van der Waals surface area contributed by atoms with Crippen molar-refractivity contribution in [2.24, 2.45) is 5.73 Å².